The van der Waals surface area contributed by atoms with Gasteiger partial charge in [0.1, 0.15) is 17.9 Å². The summed E-state index contributed by atoms with van der Waals surface area (Å²) in [4.78, 5) is 11.4. The van der Waals surface area contributed by atoms with Crippen molar-refractivity contribution in [3.05, 3.63) is 27.2 Å². The molecule has 0 spiro atoms. The second kappa shape index (κ2) is 6.18. The van der Waals surface area contributed by atoms with Gasteiger partial charge in [-0.05, 0) is 6.07 Å². The van der Waals surface area contributed by atoms with E-state index in [1.165, 1.54) is 13.2 Å². The minimum absolute atomic E-state index is 0.168. The molecule has 1 N–H and O–H groups in total. The van der Waals surface area contributed by atoms with Crippen molar-refractivity contribution in [3.8, 4) is 5.75 Å². The maximum absolute atomic E-state index is 11.4. The average molecular weight is 325 g/mol. The summed E-state index contributed by atoms with van der Waals surface area (Å²) < 4.78 is 10.4. The van der Waals surface area contributed by atoms with Crippen LogP contribution in [0.5, 0.6) is 5.75 Å². The van der Waals surface area contributed by atoms with Crippen LogP contribution in [-0.4, -0.2) is 31.8 Å². The first-order valence-electron chi connectivity index (χ1n) is 5.63. The fourth-order valence-corrected chi connectivity index (χ4v) is 2.47. The van der Waals surface area contributed by atoms with Gasteiger partial charge >= 0.3 is 5.97 Å². The number of hydrogen-bond acceptors (Lipinski definition) is 4. The second-order valence-electron chi connectivity index (χ2n) is 4.16. The summed E-state index contributed by atoms with van der Waals surface area (Å²) in [7, 11) is 1.36. The number of esters is 1. The fraction of sp³-hybridized carbons (Fsp3) is 0.417. The Balaban J connectivity index is 2.03. The van der Waals surface area contributed by atoms with Crippen LogP contribution in [0.1, 0.15) is 6.42 Å². The highest BCUT2D eigenvalue weighted by molar-refractivity contribution is 6.43. The van der Waals surface area contributed by atoms with E-state index in [1.807, 2.05) is 0 Å². The molecular formula is C12H12Cl3NO3. The molecule has 0 radical (unpaired) electrons. The number of carbonyl (C=O) groups excluding carboxylic acids is 1. The van der Waals surface area contributed by atoms with E-state index in [1.54, 1.807) is 6.07 Å². The lowest BCUT2D eigenvalue weighted by atomic mass is 10.2. The molecule has 1 fully saturated rings. The summed E-state index contributed by atoms with van der Waals surface area (Å²) in [5, 5.41) is 4.15. The lowest BCUT2D eigenvalue weighted by Gasteiger charge is -2.14. The third-order valence-corrected chi connectivity index (χ3v) is 3.86. The Morgan fingerprint density at radius 3 is 2.63 bits per heavy atom. The molecule has 1 heterocycles. The number of ether oxygens (including phenoxy) is 2. The molecule has 0 unspecified atom stereocenters. The van der Waals surface area contributed by atoms with E-state index in [9.17, 15) is 4.79 Å². The highest BCUT2D eigenvalue weighted by atomic mass is 35.5. The molecule has 0 amide bonds. The fourth-order valence-electron chi connectivity index (χ4n) is 1.89. The van der Waals surface area contributed by atoms with E-state index < -0.39 is 0 Å². The van der Waals surface area contributed by atoms with Gasteiger partial charge in [-0.25, -0.2) is 0 Å². The zero-order valence-corrected chi connectivity index (χ0v) is 12.4. The predicted octanol–water partition coefficient (Wildman–Crippen LogP) is 2.93. The van der Waals surface area contributed by atoms with Crippen molar-refractivity contribution in [1.29, 1.82) is 0 Å². The molecule has 0 aromatic heterocycles. The minimum atomic E-state index is -0.350. The highest BCUT2D eigenvalue weighted by Crippen LogP contribution is 2.35. The molecule has 1 aliphatic heterocycles. The Morgan fingerprint density at radius 1 is 1.26 bits per heavy atom. The van der Waals surface area contributed by atoms with Gasteiger partial charge in [-0.3, -0.25) is 4.79 Å². The van der Waals surface area contributed by atoms with Crippen molar-refractivity contribution in [2.45, 2.75) is 18.6 Å². The predicted molar refractivity (Wildman–Crippen MR) is 74.3 cm³/mol. The first kappa shape index (κ1) is 14.7. The molecule has 1 saturated heterocycles. The standard InChI is InChI=1S/C12H12Cl3NO3/c1-18-12(17)10-2-6(5-16-10)19-11-4-8(14)7(13)3-9(11)15/h3-4,6,10,16H,2,5H2,1H3/t6-,10+/m1/s1. The molecule has 2 atom stereocenters. The molecule has 1 aromatic rings. The molecule has 1 aromatic carbocycles. The third kappa shape index (κ3) is 3.45. The van der Waals surface area contributed by atoms with Crippen LogP contribution in [0.3, 0.4) is 0 Å². The summed E-state index contributed by atoms with van der Waals surface area (Å²) in [5.41, 5.74) is 0. The lowest BCUT2D eigenvalue weighted by Crippen LogP contribution is -2.31. The van der Waals surface area contributed by atoms with E-state index in [4.69, 9.17) is 39.5 Å². The van der Waals surface area contributed by atoms with Crippen molar-refractivity contribution < 1.29 is 14.3 Å². The first-order valence-corrected chi connectivity index (χ1v) is 6.77. The van der Waals surface area contributed by atoms with Gasteiger partial charge in [0.25, 0.3) is 0 Å². The number of halogens is 3. The summed E-state index contributed by atoms with van der Waals surface area (Å²) in [6.45, 7) is 0.538. The minimum Gasteiger partial charge on any atom is -0.487 e. The van der Waals surface area contributed by atoms with E-state index >= 15 is 0 Å². The third-order valence-electron chi connectivity index (χ3n) is 2.84. The summed E-state index contributed by atoms with van der Waals surface area (Å²) in [5.74, 6) is 0.153. The van der Waals surface area contributed by atoms with Crippen molar-refractivity contribution in [1.82, 2.24) is 5.32 Å². The zero-order valence-electron chi connectivity index (χ0n) is 10.1. The monoisotopic (exact) mass is 323 g/mol. The number of rotatable bonds is 3. The molecule has 7 heteroatoms. The highest BCUT2D eigenvalue weighted by Gasteiger charge is 2.31. The lowest BCUT2D eigenvalue weighted by molar-refractivity contribution is -0.142. The van der Waals surface area contributed by atoms with Crippen molar-refractivity contribution in [3.63, 3.8) is 0 Å². The van der Waals surface area contributed by atoms with Crippen LogP contribution in [0.2, 0.25) is 15.1 Å². The van der Waals surface area contributed by atoms with Crippen molar-refractivity contribution >= 4 is 40.8 Å². The quantitative estimate of drug-likeness (QED) is 0.686. The molecular weight excluding hydrogens is 312 g/mol. The Bertz CT molecular complexity index is 495. The number of methoxy groups -OCH3 is 1. The van der Waals surface area contributed by atoms with E-state index in [0.29, 0.717) is 33.8 Å². The van der Waals surface area contributed by atoms with Gasteiger partial charge in [-0.15, -0.1) is 0 Å². The normalized spacial score (nSPS) is 22.3. The summed E-state index contributed by atoms with van der Waals surface area (Å²) in [6, 6.07) is 2.75. The Hall–Kier alpha value is -0.680. The maximum atomic E-state index is 11.4. The van der Waals surface area contributed by atoms with Crippen LogP contribution in [0, 0.1) is 0 Å². The summed E-state index contributed by atoms with van der Waals surface area (Å²) >= 11 is 17.8. The van der Waals surface area contributed by atoms with E-state index in [-0.39, 0.29) is 18.1 Å². The van der Waals surface area contributed by atoms with Crippen LogP contribution >= 0.6 is 34.8 Å². The van der Waals surface area contributed by atoms with Gasteiger partial charge in [0, 0.05) is 19.0 Å². The largest absolute Gasteiger partial charge is 0.487 e. The van der Waals surface area contributed by atoms with E-state index in [2.05, 4.69) is 10.1 Å². The van der Waals surface area contributed by atoms with E-state index in [0.717, 1.165) is 0 Å². The maximum Gasteiger partial charge on any atom is 0.323 e. The van der Waals surface area contributed by atoms with Gasteiger partial charge in [-0.1, -0.05) is 34.8 Å². The van der Waals surface area contributed by atoms with Crippen LogP contribution in [0.4, 0.5) is 0 Å². The van der Waals surface area contributed by atoms with Crippen LogP contribution in [0.15, 0.2) is 12.1 Å². The Labute approximate surface area is 125 Å². The molecule has 0 aliphatic carbocycles. The number of nitrogens with one attached hydrogen (secondary N) is 1. The number of carbonyl (C=O) groups is 1. The topological polar surface area (TPSA) is 47.6 Å². The number of hydrogen-bond donors (Lipinski definition) is 1. The van der Waals surface area contributed by atoms with Crippen LogP contribution < -0.4 is 10.1 Å². The van der Waals surface area contributed by atoms with Crippen molar-refractivity contribution in [2.75, 3.05) is 13.7 Å². The van der Waals surface area contributed by atoms with Crippen molar-refractivity contribution in [2.24, 2.45) is 0 Å². The molecule has 0 saturated carbocycles. The molecule has 1 aliphatic rings. The molecule has 19 heavy (non-hydrogen) atoms. The smallest absolute Gasteiger partial charge is 0.323 e. The summed E-state index contributed by atoms with van der Waals surface area (Å²) in [6.07, 6.45) is 0.349. The molecule has 104 valence electrons. The number of benzene rings is 1. The van der Waals surface area contributed by atoms with Gasteiger partial charge in [0.05, 0.1) is 22.2 Å². The zero-order chi connectivity index (χ0) is 14.0. The van der Waals surface area contributed by atoms with Crippen LogP contribution in [0.25, 0.3) is 0 Å². The van der Waals surface area contributed by atoms with Gasteiger partial charge in [-0.2, -0.15) is 0 Å². The average Bonchev–Trinajstić information content (AvgIpc) is 2.83. The van der Waals surface area contributed by atoms with Gasteiger partial charge in [0.2, 0.25) is 0 Å². The second-order valence-corrected chi connectivity index (χ2v) is 5.38. The first-order chi connectivity index (χ1) is 9.01. The Morgan fingerprint density at radius 2 is 1.95 bits per heavy atom. The van der Waals surface area contributed by atoms with Gasteiger partial charge in [0.15, 0.2) is 0 Å². The SMILES string of the molecule is COC(=O)[C@@H]1C[C@@H](Oc2cc(Cl)c(Cl)cc2Cl)CN1. The van der Waals surface area contributed by atoms with Gasteiger partial charge < -0.3 is 14.8 Å². The molecule has 2 rings (SSSR count). The molecule has 4 nitrogen and oxygen atoms in total. The Kier molecular flexibility index (Phi) is 4.79. The van der Waals surface area contributed by atoms with Crippen LogP contribution in [-0.2, 0) is 9.53 Å². The molecule has 0 bridgehead atoms.